The van der Waals surface area contributed by atoms with E-state index in [1.807, 2.05) is 29.2 Å². The van der Waals surface area contributed by atoms with E-state index in [4.69, 9.17) is 11.6 Å². The number of nitrogens with zero attached hydrogens (tertiary/aromatic N) is 2. The molecule has 0 radical (unpaired) electrons. The van der Waals surface area contributed by atoms with Gasteiger partial charge in [-0.25, -0.2) is 8.42 Å². The van der Waals surface area contributed by atoms with Crippen molar-refractivity contribution in [2.24, 2.45) is 5.92 Å². The number of benzene rings is 1. The molecule has 0 N–H and O–H groups in total. The monoisotopic (exact) mass is 370 g/mol. The fraction of sp³-hybridized carbons (Fsp3) is 0.588. The van der Waals surface area contributed by atoms with E-state index in [1.165, 1.54) is 0 Å². The highest BCUT2D eigenvalue weighted by molar-refractivity contribution is 7.91. The number of carbonyl (C=O) groups excluding carboxylic acids is 1. The lowest BCUT2D eigenvalue weighted by molar-refractivity contribution is -0.135. The van der Waals surface area contributed by atoms with Crippen molar-refractivity contribution in [3.8, 4) is 0 Å². The Balaban J connectivity index is 1.61. The molecule has 1 amide bonds. The molecule has 1 aromatic rings. The Bertz CT molecular complexity index is 694. The van der Waals surface area contributed by atoms with Gasteiger partial charge in [-0.1, -0.05) is 23.7 Å². The third kappa shape index (κ3) is 4.03. The van der Waals surface area contributed by atoms with E-state index in [-0.39, 0.29) is 23.3 Å². The van der Waals surface area contributed by atoms with Crippen LogP contribution in [0.25, 0.3) is 0 Å². The van der Waals surface area contributed by atoms with Crippen LogP contribution >= 0.6 is 11.6 Å². The normalized spacial score (nSPS) is 22.2. The van der Waals surface area contributed by atoms with Gasteiger partial charge in [-0.3, -0.25) is 4.79 Å². The van der Waals surface area contributed by atoms with Gasteiger partial charge in [0.1, 0.15) is 9.84 Å². The first-order chi connectivity index (χ1) is 11.5. The van der Waals surface area contributed by atoms with Crippen molar-refractivity contribution < 1.29 is 13.2 Å². The van der Waals surface area contributed by atoms with Crippen LogP contribution in [0.2, 0.25) is 5.02 Å². The highest BCUT2D eigenvalue weighted by Crippen LogP contribution is 2.27. The molecule has 1 aromatic carbocycles. The number of carbonyl (C=O) groups is 1. The third-order valence-corrected chi connectivity index (χ3v) is 6.94. The van der Waals surface area contributed by atoms with Gasteiger partial charge in [0.25, 0.3) is 0 Å². The molecule has 0 aliphatic carbocycles. The van der Waals surface area contributed by atoms with Crippen molar-refractivity contribution >= 4 is 33.0 Å². The molecule has 0 unspecified atom stereocenters. The topological polar surface area (TPSA) is 57.7 Å². The largest absolute Gasteiger partial charge is 0.368 e. The van der Waals surface area contributed by atoms with E-state index in [9.17, 15) is 13.2 Å². The highest BCUT2D eigenvalue weighted by Gasteiger charge is 2.32. The molecule has 2 aliphatic heterocycles. The van der Waals surface area contributed by atoms with E-state index < -0.39 is 9.84 Å². The molecule has 2 heterocycles. The van der Waals surface area contributed by atoms with Gasteiger partial charge in [-0.05, 0) is 31.4 Å². The minimum atomic E-state index is -2.93. The first kappa shape index (κ1) is 17.5. The van der Waals surface area contributed by atoms with Crippen LogP contribution in [0.15, 0.2) is 24.3 Å². The maximum Gasteiger partial charge on any atom is 0.225 e. The lowest BCUT2D eigenvalue weighted by Crippen LogP contribution is -2.41. The van der Waals surface area contributed by atoms with Gasteiger partial charge >= 0.3 is 0 Å². The molecule has 2 aliphatic rings. The molecule has 0 atom stereocenters. The van der Waals surface area contributed by atoms with Crippen LogP contribution in [0.3, 0.4) is 0 Å². The van der Waals surface area contributed by atoms with Gasteiger partial charge < -0.3 is 9.80 Å². The number of sulfone groups is 1. The van der Waals surface area contributed by atoms with Crippen molar-refractivity contribution in [3.63, 3.8) is 0 Å². The minimum Gasteiger partial charge on any atom is -0.368 e. The van der Waals surface area contributed by atoms with Crippen LogP contribution in [0, 0.1) is 5.92 Å². The van der Waals surface area contributed by atoms with E-state index in [2.05, 4.69) is 4.90 Å². The fourth-order valence-electron chi connectivity index (χ4n) is 3.48. The van der Waals surface area contributed by atoms with Crippen molar-refractivity contribution in [3.05, 3.63) is 29.3 Å². The van der Waals surface area contributed by atoms with Gasteiger partial charge in [0.05, 0.1) is 22.2 Å². The number of hydrogen-bond acceptors (Lipinski definition) is 4. The second-order valence-electron chi connectivity index (χ2n) is 6.54. The Labute approximate surface area is 148 Å². The summed E-state index contributed by atoms with van der Waals surface area (Å²) in [6, 6.07) is 7.77. The summed E-state index contributed by atoms with van der Waals surface area (Å²) < 4.78 is 23.1. The Morgan fingerprint density at radius 2 is 1.75 bits per heavy atom. The second kappa shape index (κ2) is 7.31. The van der Waals surface area contributed by atoms with E-state index in [1.54, 1.807) is 0 Å². The molecular weight excluding hydrogens is 348 g/mol. The molecule has 7 heteroatoms. The molecule has 0 aromatic heterocycles. The van der Waals surface area contributed by atoms with E-state index in [0.29, 0.717) is 19.4 Å². The Morgan fingerprint density at radius 3 is 2.46 bits per heavy atom. The Hall–Kier alpha value is -1.27. The molecule has 132 valence electrons. The summed E-state index contributed by atoms with van der Waals surface area (Å²) in [4.78, 5) is 16.8. The first-order valence-corrected chi connectivity index (χ1v) is 10.6. The van der Waals surface area contributed by atoms with Crippen molar-refractivity contribution in [1.29, 1.82) is 0 Å². The van der Waals surface area contributed by atoms with Crippen LogP contribution < -0.4 is 4.90 Å². The number of para-hydroxylation sites is 1. The standard InChI is InChI=1S/C17H23ClN2O3S/c18-15-4-1-2-5-16(15)19-8-3-9-20(11-10-19)17(21)14-6-12-24(22,23)13-7-14/h1-2,4-5,14H,3,6-13H2. The predicted molar refractivity (Wildman–Crippen MR) is 96.2 cm³/mol. The molecule has 3 rings (SSSR count). The summed E-state index contributed by atoms with van der Waals surface area (Å²) in [5, 5.41) is 0.731. The summed E-state index contributed by atoms with van der Waals surface area (Å²) in [6.07, 6.45) is 1.82. The maximum absolute atomic E-state index is 12.7. The SMILES string of the molecule is O=C(C1CCS(=O)(=O)CC1)N1CCCN(c2ccccc2Cl)CC1. The molecule has 24 heavy (non-hydrogen) atoms. The zero-order chi connectivity index (χ0) is 17.2. The summed E-state index contributed by atoms with van der Waals surface area (Å²) in [5.41, 5.74) is 1.01. The smallest absolute Gasteiger partial charge is 0.225 e. The van der Waals surface area contributed by atoms with E-state index >= 15 is 0 Å². The van der Waals surface area contributed by atoms with Gasteiger partial charge in [-0.15, -0.1) is 0 Å². The molecule has 5 nitrogen and oxygen atoms in total. The van der Waals surface area contributed by atoms with Gasteiger partial charge in [0.15, 0.2) is 0 Å². The Morgan fingerprint density at radius 1 is 1.04 bits per heavy atom. The zero-order valence-electron chi connectivity index (χ0n) is 13.7. The average molecular weight is 371 g/mol. The summed E-state index contributed by atoms with van der Waals surface area (Å²) in [6.45, 7) is 3.00. The highest BCUT2D eigenvalue weighted by atomic mass is 35.5. The number of rotatable bonds is 2. The van der Waals surface area contributed by atoms with Crippen molar-refractivity contribution in [2.45, 2.75) is 19.3 Å². The Kier molecular flexibility index (Phi) is 5.35. The first-order valence-electron chi connectivity index (χ1n) is 8.45. The lowest BCUT2D eigenvalue weighted by Gasteiger charge is -2.28. The minimum absolute atomic E-state index is 0.117. The second-order valence-corrected chi connectivity index (χ2v) is 9.25. The number of halogens is 1. The maximum atomic E-state index is 12.7. The predicted octanol–water partition coefficient (Wildman–Crippen LogP) is 2.20. The summed E-state index contributed by atoms with van der Waals surface area (Å²) in [5.74, 6) is 0.262. The summed E-state index contributed by atoms with van der Waals surface area (Å²) in [7, 11) is -2.93. The van der Waals surface area contributed by atoms with Gasteiger partial charge in [0, 0.05) is 32.1 Å². The quantitative estimate of drug-likeness (QED) is 0.800. The number of amides is 1. The van der Waals surface area contributed by atoms with Crippen LogP contribution in [-0.4, -0.2) is 56.9 Å². The van der Waals surface area contributed by atoms with Crippen LogP contribution in [0.5, 0.6) is 0 Å². The molecule has 0 spiro atoms. The fourth-order valence-corrected chi connectivity index (χ4v) is 5.23. The van der Waals surface area contributed by atoms with Crippen molar-refractivity contribution in [2.75, 3.05) is 42.6 Å². The third-order valence-electron chi connectivity index (χ3n) is 4.90. The van der Waals surface area contributed by atoms with Gasteiger partial charge in [-0.2, -0.15) is 0 Å². The van der Waals surface area contributed by atoms with Crippen molar-refractivity contribution in [1.82, 2.24) is 4.90 Å². The average Bonchev–Trinajstić information content (AvgIpc) is 2.81. The summed E-state index contributed by atoms with van der Waals surface area (Å²) >= 11 is 6.28. The number of anilines is 1. The van der Waals surface area contributed by atoms with Crippen LogP contribution in [-0.2, 0) is 14.6 Å². The van der Waals surface area contributed by atoms with Crippen LogP contribution in [0.1, 0.15) is 19.3 Å². The zero-order valence-corrected chi connectivity index (χ0v) is 15.2. The number of hydrogen-bond donors (Lipinski definition) is 0. The molecular formula is C17H23ClN2O3S. The molecule has 2 saturated heterocycles. The molecule has 2 fully saturated rings. The molecule has 0 bridgehead atoms. The van der Waals surface area contributed by atoms with Crippen LogP contribution in [0.4, 0.5) is 5.69 Å². The molecule has 0 saturated carbocycles. The lowest BCUT2D eigenvalue weighted by atomic mass is 10.0. The van der Waals surface area contributed by atoms with E-state index in [0.717, 1.165) is 36.8 Å². The van der Waals surface area contributed by atoms with Gasteiger partial charge in [0.2, 0.25) is 5.91 Å².